The molecule has 1 aliphatic rings. The average Bonchev–Trinajstić information content (AvgIpc) is 2.84. The molecular weight excluding hydrogens is 551 g/mol. The van der Waals surface area contributed by atoms with Crippen molar-refractivity contribution < 1.29 is 14.3 Å². The fraction of sp³-hybridized carbons (Fsp3) is 0.481. The van der Waals surface area contributed by atoms with E-state index < -0.39 is 6.04 Å². The number of hydrogen-bond acceptors (Lipinski definition) is 3. The Labute approximate surface area is 226 Å². The summed E-state index contributed by atoms with van der Waals surface area (Å²) >= 11 is 16.0. The quantitative estimate of drug-likeness (QED) is 0.329. The Morgan fingerprint density at radius 3 is 2.49 bits per heavy atom. The summed E-state index contributed by atoms with van der Waals surface area (Å²) in [5.74, 6) is 0.166. The van der Waals surface area contributed by atoms with Crippen molar-refractivity contribution in [2.75, 3.05) is 6.61 Å². The third-order valence-corrected chi connectivity index (χ3v) is 7.66. The molecule has 190 valence electrons. The van der Waals surface area contributed by atoms with Crippen LogP contribution in [0.4, 0.5) is 0 Å². The van der Waals surface area contributed by atoms with Gasteiger partial charge in [0.25, 0.3) is 5.91 Å². The number of benzene rings is 2. The van der Waals surface area contributed by atoms with Crippen LogP contribution in [0.5, 0.6) is 5.75 Å². The molecule has 3 rings (SSSR count). The van der Waals surface area contributed by atoms with Gasteiger partial charge in [-0.1, -0.05) is 68.4 Å². The summed E-state index contributed by atoms with van der Waals surface area (Å²) in [5.41, 5.74) is 1.89. The molecule has 35 heavy (non-hydrogen) atoms. The summed E-state index contributed by atoms with van der Waals surface area (Å²) in [6.45, 7) is 3.98. The van der Waals surface area contributed by atoms with E-state index in [2.05, 4.69) is 28.2 Å². The molecule has 0 aromatic heterocycles. The first-order chi connectivity index (χ1) is 16.8. The summed E-state index contributed by atoms with van der Waals surface area (Å²) in [5, 5.41) is 4.15. The van der Waals surface area contributed by atoms with Crippen LogP contribution in [0.25, 0.3) is 0 Å². The maximum atomic E-state index is 13.5. The minimum atomic E-state index is -0.634. The van der Waals surface area contributed by atoms with E-state index in [0.29, 0.717) is 22.2 Å². The smallest absolute Gasteiger partial charge is 0.261 e. The van der Waals surface area contributed by atoms with Crippen LogP contribution in [-0.4, -0.2) is 35.4 Å². The molecule has 0 bridgehead atoms. The zero-order valence-corrected chi connectivity index (χ0v) is 23.4. The highest BCUT2D eigenvalue weighted by molar-refractivity contribution is 9.10. The Balaban J connectivity index is 1.79. The van der Waals surface area contributed by atoms with Crippen LogP contribution in [-0.2, 0) is 22.6 Å². The predicted molar refractivity (Wildman–Crippen MR) is 145 cm³/mol. The lowest BCUT2D eigenvalue weighted by atomic mass is 9.95. The number of rotatable bonds is 10. The maximum Gasteiger partial charge on any atom is 0.261 e. The van der Waals surface area contributed by atoms with E-state index in [0.717, 1.165) is 42.1 Å². The van der Waals surface area contributed by atoms with Crippen molar-refractivity contribution in [1.29, 1.82) is 0 Å². The molecule has 2 amide bonds. The molecule has 0 aliphatic heterocycles. The normalized spacial score (nSPS) is 14.9. The van der Waals surface area contributed by atoms with Crippen molar-refractivity contribution in [3.63, 3.8) is 0 Å². The monoisotopic (exact) mass is 582 g/mol. The van der Waals surface area contributed by atoms with Gasteiger partial charge >= 0.3 is 0 Å². The van der Waals surface area contributed by atoms with Gasteiger partial charge in [-0.3, -0.25) is 9.59 Å². The second kappa shape index (κ2) is 13.5. The number of hydrogen-bond donors (Lipinski definition) is 1. The van der Waals surface area contributed by atoms with Crippen LogP contribution < -0.4 is 10.1 Å². The zero-order valence-electron chi connectivity index (χ0n) is 20.3. The van der Waals surface area contributed by atoms with Crippen molar-refractivity contribution in [3.8, 4) is 5.75 Å². The summed E-state index contributed by atoms with van der Waals surface area (Å²) in [7, 11) is 0. The van der Waals surface area contributed by atoms with Crippen LogP contribution in [0.1, 0.15) is 63.5 Å². The van der Waals surface area contributed by atoms with E-state index >= 15 is 0 Å². The Hall–Kier alpha value is -1.76. The van der Waals surface area contributed by atoms with E-state index in [-0.39, 0.29) is 31.0 Å². The molecule has 2 aromatic rings. The maximum absolute atomic E-state index is 13.5. The standard InChI is InChI=1S/C27H33BrCl2N2O3/c1-3-18-10-13-25(22(28)14-18)35-17-26(33)32(16-19-11-12-20(29)15-23(19)30)24(4-2)27(34)31-21-8-6-5-7-9-21/h10-15,21,24H,3-9,16-17H2,1-2H3,(H,31,34). The zero-order chi connectivity index (χ0) is 25.4. The molecule has 0 radical (unpaired) electrons. The molecule has 5 nitrogen and oxygen atoms in total. The Bertz CT molecular complexity index is 1030. The fourth-order valence-corrected chi connectivity index (χ4v) is 5.41. The van der Waals surface area contributed by atoms with Gasteiger partial charge in [0.1, 0.15) is 11.8 Å². The van der Waals surface area contributed by atoms with Crippen LogP contribution in [0.2, 0.25) is 10.0 Å². The van der Waals surface area contributed by atoms with Crippen LogP contribution in [0, 0.1) is 0 Å². The van der Waals surface area contributed by atoms with Gasteiger partial charge in [0.05, 0.1) is 4.47 Å². The second-order valence-electron chi connectivity index (χ2n) is 8.93. The minimum absolute atomic E-state index is 0.133. The molecule has 8 heteroatoms. The largest absolute Gasteiger partial charge is 0.483 e. The number of nitrogens with one attached hydrogen (secondary N) is 1. The van der Waals surface area contributed by atoms with Gasteiger partial charge in [0.15, 0.2) is 6.61 Å². The lowest BCUT2D eigenvalue weighted by Gasteiger charge is -2.33. The highest BCUT2D eigenvalue weighted by Crippen LogP contribution is 2.27. The van der Waals surface area contributed by atoms with Gasteiger partial charge in [-0.25, -0.2) is 0 Å². The topological polar surface area (TPSA) is 58.6 Å². The Kier molecular flexibility index (Phi) is 10.7. The molecule has 0 spiro atoms. The van der Waals surface area contributed by atoms with Gasteiger partial charge in [-0.05, 0) is 77.0 Å². The molecule has 1 N–H and O–H groups in total. The molecule has 1 fully saturated rings. The van der Waals surface area contributed by atoms with E-state index in [4.69, 9.17) is 27.9 Å². The van der Waals surface area contributed by atoms with Crippen LogP contribution in [0.3, 0.4) is 0 Å². The molecule has 0 heterocycles. The fourth-order valence-electron chi connectivity index (χ4n) is 4.40. The Morgan fingerprint density at radius 2 is 1.86 bits per heavy atom. The van der Waals surface area contributed by atoms with E-state index in [9.17, 15) is 9.59 Å². The van der Waals surface area contributed by atoms with Gasteiger partial charge in [0, 0.05) is 22.6 Å². The van der Waals surface area contributed by atoms with Crippen LogP contribution in [0.15, 0.2) is 40.9 Å². The minimum Gasteiger partial charge on any atom is -0.483 e. The van der Waals surface area contributed by atoms with Crippen molar-refractivity contribution in [3.05, 3.63) is 62.0 Å². The molecule has 1 atom stereocenters. The first kappa shape index (κ1) is 27.8. The van der Waals surface area contributed by atoms with Gasteiger partial charge in [0.2, 0.25) is 5.91 Å². The first-order valence-electron chi connectivity index (χ1n) is 12.3. The average molecular weight is 584 g/mol. The van der Waals surface area contributed by atoms with E-state index in [1.807, 2.05) is 25.1 Å². The number of carbonyl (C=O) groups is 2. The first-order valence-corrected chi connectivity index (χ1v) is 13.8. The van der Waals surface area contributed by atoms with Gasteiger partial charge in [-0.2, -0.15) is 0 Å². The van der Waals surface area contributed by atoms with Crippen LogP contribution >= 0.6 is 39.1 Å². The Morgan fingerprint density at radius 1 is 1.11 bits per heavy atom. The van der Waals surface area contributed by atoms with Crippen molar-refractivity contribution in [2.24, 2.45) is 0 Å². The van der Waals surface area contributed by atoms with Crippen molar-refractivity contribution in [2.45, 2.75) is 77.4 Å². The highest BCUT2D eigenvalue weighted by atomic mass is 79.9. The molecule has 1 unspecified atom stereocenters. The summed E-state index contributed by atoms with van der Waals surface area (Å²) < 4.78 is 6.66. The third-order valence-electron chi connectivity index (χ3n) is 6.45. The predicted octanol–water partition coefficient (Wildman–Crippen LogP) is 6.95. The number of halogens is 3. The molecular formula is C27H33BrCl2N2O3. The highest BCUT2D eigenvalue weighted by Gasteiger charge is 2.31. The molecule has 0 saturated heterocycles. The van der Waals surface area contributed by atoms with Gasteiger partial charge < -0.3 is 15.0 Å². The number of nitrogens with zero attached hydrogens (tertiary/aromatic N) is 1. The number of amides is 2. The molecule has 2 aromatic carbocycles. The van der Waals surface area contributed by atoms with E-state index in [1.165, 1.54) is 12.0 Å². The third kappa shape index (κ3) is 7.86. The number of aryl methyl sites for hydroxylation is 1. The summed E-state index contributed by atoms with van der Waals surface area (Å²) in [4.78, 5) is 28.3. The lowest BCUT2D eigenvalue weighted by molar-refractivity contribution is -0.143. The van der Waals surface area contributed by atoms with E-state index in [1.54, 1.807) is 23.1 Å². The summed E-state index contributed by atoms with van der Waals surface area (Å²) in [6.07, 6.45) is 6.77. The summed E-state index contributed by atoms with van der Waals surface area (Å²) in [6, 6.07) is 10.5. The van der Waals surface area contributed by atoms with Gasteiger partial charge in [-0.15, -0.1) is 0 Å². The SMILES string of the molecule is CCc1ccc(OCC(=O)N(Cc2ccc(Cl)cc2Cl)C(CC)C(=O)NC2CCCCC2)c(Br)c1. The lowest BCUT2D eigenvalue weighted by Crippen LogP contribution is -2.52. The van der Waals surface area contributed by atoms with Crippen molar-refractivity contribution in [1.82, 2.24) is 10.2 Å². The molecule has 1 saturated carbocycles. The second-order valence-corrected chi connectivity index (χ2v) is 10.6. The molecule has 1 aliphatic carbocycles. The number of ether oxygens (including phenoxy) is 1. The van der Waals surface area contributed by atoms with Crippen molar-refractivity contribution >= 4 is 50.9 Å². The number of carbonyl (C=O) groups excluding carboxylic acids is 2.